The summed E-state index contributed by atoms with van der Waals surface area (Å²) in [6.45, 7) is 10.2. The number of nitrogens with zero attached hydrogens (tertiary/aromatic N) is 4. The SMILES string of the molecule is Cc1cc(C)n(C[C@@H]2CN(Cc3cc(C)on3)CCO2)n1. The summed E-state index contributed by atoms with van der Waals surface area (Å²) < 4.78 is 13.0. The lowest BCUT2D eigenvalue weighted by molar-refractivity contribution is -0.0410. The molecule has 114 valence electrons. The predicted octanol–water partition coefficient (Wildman–Crippen LogP) is 1.70. The number of hydrogen-bond donors (Lipinski definition) is 0. The Morgan fingerprint density at radius 3 is 2.81 bits per heavy atom. The molecule has 1 atom stereocenters. The van der Waals surface area contributed by atoms with E-state index in [-0.39, 0.29) is 6.10 Å². The van der Waals surface area contributed by atoms with Crippen LogP contribution < -0.4 is 0 Å². The number of aromatic nitrogens is 3. The molecular weight excluding hydrogens is 268 g/mol. The average Bonchev–Trinajstić information content (AvgIpc) is 2.96. The molecule has 1 fully saturated rings. The Bertz CT molecular complexity index is 605. The predicted molar refractivity (Wildman–Crippen MR) is 78.0 cm³/mol. The zero-order valence-corrected chi connectivity index (χ0v) is 12.9. The van der Waals surface area contributed by atoms with Crippen molar-refractivity contribution in [3.63, 3.8) is 0 Å². The molecular formula is C15H22N4O2. The Morgan fingerprint density at radius 2 is 2.14 bits per heavy atom. The third-order valence-corrected chi connectivity index (χ3v) is 3.77. The van der Waals surface area contributed by atoms with Gasteiger partial charge in [0, 0.05) is 31.4 Å². The summed E-state index contributed by atoms with van der Waals surface area (Å²) in [7, 11) is 0. The van der Waals surface area contributed by atoms with E-state index in [0.29, 0.717) is 0 Å². The fourth-order valence-electron chi connectivity index (χ4n) is 2.81. The van der Waals surface area contributed by atoms with Gasteiger partial charge in [0.15, 0.2) is 0 Å². The van der Waals surface area contributed by atoms with E-state index in [1.165, 1.54) is 5.69 Å². The molecule has 0 radical (unpaired) electrons. The van der Waals surface area contributed by atoms with Crippen LogP contribution in [0.15, 0.2) is 16.7 Å². The highest BCUT2D eigenvalue weighted by atomic mass is 16.5. The van der Waals surface area contributed by atoms with Crippen molar-refractivity contribution in [2.24, 2.45) is 0 Å². The second-order valence-corrected chi connectivity index (χ2v) is 5.77. The molecule has 1 saturated heterocycles. The van der Waals surface area contributed by atoms with Crippen molar-refractivity contribution in [3.8, 4) is 0 Å². The summed E-state index contributed by atoms with van der Waals surface area (Å²) in [6.07, 6.45) is 0.171. The van der Waals surface area contributed by atoms with Crippen LogP contribution in [0.25, 0.3) is 0 Å². The van der Waals surface area contributed by atoms with Gasteiger partial charge in [-0.1, -0.05) is 5.16 Å². The van der Waals surface area contributed by atoms with Gasteiger partial charge in [-0.3, -0.25) is 9.58 Å². The van der Waals surface area contributed by atoms with Crippen molar-refractivity contribution >= 4 is 0 Å². The second-order valence-electron chi connectivity index (χ2n) is 5.77. The maximum absolute atomic E-state index is 5.87. The molecule has 3 rings (SSSR count). The molecule has 2 aromatic heterocycles. The van der Waals surface area contributed by atoms with Crippen LogP contribution in [-0.4, -0.2) is 45.6 Å². The molecule has 1 aliphatic heterocycles. The van der Waals surface area contributed by atoms with Crippen molar-refractivity contribution < 1.29 is 9.26 Å². The summed E-state index contributed by atoms with van der Waals surface area (Å²) in [4.78, 5) is 2.36. The smallest absolute Gasteiger partial charge is 0.133 e. The van der Waals surface area contributed by atoms with E-state index in [9.17, 15) is 0 Å². The van der Waals surface area contributed by atoms with E-state index in [2.05, 4.69) is 28.1 Å². The van der Waals surface area contributed by atoms with Gasteiger partial charge in [0.1, 0.15) is 5.76 Å². The lowest BCUT2D eigenvalue weighted by atomic mass is 10.2. The van der Waals surface area contributed by atoms with E-state index >= 15 is 0 Å². The van der Waals surface area contributed by atoms with Gasteiger partial charge in [-0.25, -0.2) is 0 Å². The molecule has 0 aliphatic carbocycles. The van der Waals surface area contributed by atoms with Crippen LogP contribution >= 0.6 is 0 Å². The standard InChI is InChI=1S/C15H22N4O2/c1-11-6-12(2)19(16-11)10-15-9-18(4-5-20-15)8-14-7-13(3)21-17-14/h6-7,15H,4-5,8-10H2,1-3H3/t15-/m0/s1. The Balaban J connectivity index is 1.59. The second kappa shape index (κ2) is 5.99. The monoisotopic (exact) mass is 290 g/mol. The van der Waals surface area contributed by atoms with Crippen LogP contribution in [0.2, 0.25) is 0 Å². The molecule has 2 aromatic rings. The zero-order chi connectivity index (χ0) is 14.8. The fourth-order valence-corrected chi connectivity index (χ4v) is 2.81. The van der Waals surface area contributed by atoms with Crippen molar-refractivity contribution in [2.75, 3.05) is 19.7 Å². The first-order valence-corrected chi connectivity index (χ1v) is 7.37. The normalized spacial score (nSPS) is 20.0. The molecule has 0 spiro atoms. The summed E-state index contributed by atoms with van der Waals surface area (Å²) >= 11 is 0. The number of morpholine rings is 1. The van der Waals surface area contributed by atoms with Gasteiger partial charge in [0.25, 0.3) is 0 Å². The van der Waals surface area contributed by atoms with E-state index in [1.54, 1.807) is 0 Å². The Kier molecular flexibility index (Phi) is 4.07. The molecule has 0 N–H and O–H groups in total. The first-order valence-electron chi connectivity index (χ1n) is 7.37. The molecule has 6 heteroatoms. The Morgan fingerprint density at radius 1 is 1.29 bits per heavy atom. The molecule has 21 heavy (non-hydrogen) atoms. The molecule has 0 saturated carbocycles. The maximum atomic E-state index is 5.87. The molecule has 0 unspecified atom stereocenters. The van der Waals surface area contributed by atoms with Crippen LogP contribution in [0.5, 0.6) is 0 Å². The van der Waals surface area contributed by atoms with E-state index in [4.69, 9.17) is 9.26 Å². The van der Waals surface area contributed by atoms with Crippen LogP contribution in [0.3, 0.4) is 0 Å². The number of ether oxygens (including phenoxy) is 1. The average molecular weight is 290 g/mol. The van der Waals surface area contributed by atoms with Gasteiger partial charge in [-0.05, 0) is 26.8 Å². The van der Waals surface area contributed by atoms with Crippen molar-refractivity contribution in [1.82, 2.24) is 19.8 Å². The molecule has 0 bridgehead atoms. The first kappa shape index (κ1) is 14.3. The highest BCUT2D eigenvalue weighted by Gasteiger charge is 2.22. The summed E-state index contributed by atoms with van der Waals surface area (Å²) in [5.74, 6) is 0.859. The first-order chi connectivity index (χ1) is 10.1. The zero-order valence-electron chi connectivity index (χ0n) is 12.9. The largest absolute Gasteiger partial charge is 0.374 e. The molecule has 0 aromatic carbocycles. The van der Waals surface area contributed by atoms with Crippen molar-refractivity contribution in [3.05, 3.63) is 35.0 Å². The third-order valence-electron chi connectivity index (χ3n) is 3.77. The minimum Gasteiger partial charge on any atom is -0.374 e. The molecule has 3 heterocycles. The van der Waals surface area contributed by atoms with E-state index < -0.39 is 0 Å². The van der Waals surface area contributed by atoms with Crippen LogP contribution in [0.4, 0.5) is 0 Å². The maximum Gasteiger partial charge on any atom is 0.133 e. The highest BCUT2D eigenvalue weighted by Crippen LogP contribution is 2.13. The summed E-state index contributed by atoms with van der Waals surface area (Å²) in [5.41, 5.74) is 3.22. The lowest BCUT2D eigenvalue weighted by Crippen LogP contribution is -2.44. The number of rotatable bonds is 4. The van der Waals surface area contributed by atoms with E-state index in [1.807, 2.05) is 24.6 Å². The Hall–Kier alpha value is -1.66. The third kappa shape index (κ3) is 3.51. The summed E-state index contributed by atoms with van der Waals surface area (Å²) in [6, 6.07) is 4.09. The number of aryl methyl sites for hydroxylation is 3. The topological polar surface area (TPSA) is 56.3 Å². The minimum atomic E-state index is 0.171. The fraction of sp³-hybridized carbons (Fsp3) is 0.600. The molecule has 1 aliphatic rings. The molecule has 0 amide bonds. The van der Waals surface area contributed by atoms with Gasteiger partial charge in [0.2, 0.25) is 0 Å². The van der Waals surface area contributed by atoms with Crippen LogP contribution in [-0.2, 0) is 17.8 Å². The van der Waals surface area contributed by atoms with E-state index in [0.717, 1.165) is 49.9 Å². The van der Waals surface area contributed by atoms with Gasteiger partial charge < -0.3 is 9.26 Å². The number of hydrogen-bond acceptors (Lipinski definition) is 5. The summed E-state index contributed by atoms with van der Waals surface area (Å²) in [5, 5.41) is 8.57. The quantitative estimate of drug-likeness (QED) is 0.858. The molecule has 6 nitrogen and oxygen atoms in total. The lowest BCUT2D eigenvalue weighted by Gasteiger charge is -2.32. The van der Waals surface area contributed by atoms with Crippen molar-refractivity contribution in [2.45, 2.75) is 40.0 Å². The van der Waals surface area contributed by atoms with Gasteiger partial charge in [-0.2, -0.15) is 5.10 Å². The Labute approximate surface area is 124 Å². The minimum absolute atomic E-state index is 0.171. The van der Waals surface area contributed by atoms with Gasteiger partial charge in [0.05, 0.1) is 30.6 Å². The van der Waals surface area contributed by atoms with Crippen LogP contribution in [0.1, 0.15) is 22.8 Å². The van der Waals surface area contributed by atoms with Gasteiger partial charge in [-0.15, -0.1) is 0 Å². The van der Waals surface area contributed by atoms with Gasteiger partial charge >= 0.3 is 0 Å². The van der Waals surface area contributed by atoms with Crippen LogP contribution in [0, 0.1) is 20.8 Å². The van der Waals surface area contributed by atoms with Crippen molar-refractivity contribution in [1.29, 1.82) is 0 Å². The highest BCUT2D eigenvalue weighted by molar-refractivity contribution is 5.07.